The number of rotatable bonds is 1. The van der Waals surface area contributed by atoms with E-state index in [-0.39, 0.29) is 17.5 Å². The number of benzene rings is 1. The monoisotopic (exact) mass is 412 g/mol. The van der Waals surface area contributed by atoms with Crippen LogP contribution in [0.5, 0.6) is 5.75 Å². The fraction of sp³-hybridized carbons (Fsp3) is 0.667. The van der Waals surface area contributed by atoms with Gasteiger partial charge in [-0.15, -0.1) is 0 Å². The van der Waals surface area contributed by atoms with Crippen molar-refractivity contribution >= 4 is 11.6 Å². The number of nitrogens with zero attached hydrogens (tertiary/aromatic N) is 1. The molecule has 0 aromatic heterocycles. The molecule has 2 atom stereocenters. The largest absolute Gasteiger partial charge is 0.491 e. The van der Waals surface area contributed by atoms with Crippen LogP contribution in [-0.2, 0) is 15.7 Å². The van der Waals surface area contributed by atoms with Crippen LogP contribution in [0.3, 0.4) is 0 Å². The average Bonchev–Trinajstić information content (AvgIpc) is 2.70. The van der Waals surface area contributed by atoms with E-state index in [0.29, 0.717) is 30.7 Å². The number of anilines is 1. The Morgan fingerprint density at radius 3 is 2.59 bits per heavy atom. The molecular weight excluding hydrogens is 385 g/mol. The lowest BCUT2D eigenvalue weighted by atomic mass is 9.80. The number of amides is 1. The first-order valence-corrected chi connectivity index (χ1v) is 10.4. The van der Waals surface area contributed by atoms with Gasteiger partial charge in [-0.1, -0.05) is 0 Å². The highest BCUT2D eigenvalue weighted by Crippen LogP contribution is 2.37. The van der Waals surface area contributed by atoms with Crippen LogP contribution in [0.15, 0.2) is 18.2 Å². The van der Waals surface area contributed by atoms with Crippen molar-refractivity contribution in [3.63, 3.8) is 0 Å². The van der Waals surface area contributed by atoms with E-state index in [9.17, 15) is 18.0 Å². The quantitative estimate of drug-likeness (QED) is 0.759. The summed E-state index contributed by atoms with van der Waals surface area (Å²) in [6.45, 7) is 3.92. The van der Waals surface area contributed by atoms with Crippen molar-refractivity contribution in [3.8, 4) is 5.75 Å². The van der Waals surface area contributed by atoms with Gasteiger partial charge in [0.15, 0.2) is 0 Å². The summed E-state index contributed by atoms with van der Waals surface area (Å²) in [5.41, 5.74) is -0.692. The minimum absolute atomic E-state index is 0.0999. The molecule has 0 bridgehead atoms. The lowest BCUT2D eigenvalue weighted by Crippen LogP contribution is -2.48. The first-order valence-electron chi connectivity index (χ1n) is 10.4. The molecule has 1 amide bonds. The van der Waals surface area contributed by atoms with Gasteiger partial charge in [0.25, 0.3) is 0 Å². The number of hydrogen-bond acceptors (Lipinski definition) is 4. The molecule has 0 saturated carbocycles. The molecule has 0 unspecified atom stereocenters. The molecule has 0 aliphatic carbocycles. The van der Waals surface area contributed by atoms with Crippen molar-refractivity contribution in [2.75, 3.05) is 38.2 Å². The van der Waals surface area contributed by atoms with Gasteiger partial charge < -0.3 is 14.8 Å². The Kier molecular flexibility index (Phi) is 6.01. The molecule has 8 heteroatoms. The number of alkyl halides is 3. The number of carbonyl (C=O) groups excluding carboxylic acids is 1. The zero-order valence-corrected chi connectivity index (χ0v) is 16.3. The molecule has 2 fully saturated rings. The van der Waals surface area contributed by atoms with E-state index in [1.54, 1.807) is 0 Å². The minimum atomic E-state index is -4.46. The third-order valence-electron chi connectivity index (χ3n) is 6.40. The lowest BCUT2D eigenvalue weighted by Gasteiger charge is -2.43. The van der Waals surface area contributed by atoms with Crippen molar-refractivity contribution in [1.29, 1.82) is 0 Å². The van der Waals surface area contributed by atoms with Gasteiger partial charge >= 0.3 is 6.18 Å². The van der Waals surface area contributed by atoms with Crippen LogP contribution >= 0.6 is 0 Å². The number of ether oxygens (including phenoxy) is 2. The van der Waals surface area contributed by atoms with Gasteiger partial charge in [-0.2, -0.15) is 13.2 Å². The summed E-state index contributed by atoms with van der Waals surface area (Å²) in [7, 11) is 0. The normalized spacial score (nSPS) is 27.3. The van der Waals surface area contributed by atoms with Crippen LogP contribution in [0.25, 0.3) is 0 Å². The van der Waals surface area contributed by atoms with E-state index in [0.717, 1.165) is 64.1 Å². The minimum Gasteiger partial charge on any atom is -0.491 e. The maximum Gasteiger partial charge on any atom is 0.416 e. The predicted molar refractivity (Wildman–Crippen MR) is 102 cm³/mol. The van der Waals surface area contributed by atoms with Gasteiger partial charge in [-0.05, 0) is 62.3 Å². The Hall–Kier alpha value is -1.80. The summed E-state index contributed by atoms with van der Waals surface area (Å²) >= 11 is 0. The molecule has 2 saturated heterocycles. The Bertz CT molecular complexity index is 734. The zero-order valence-electron chi connectivity index (χ0n) is 16.3. The van der Waals surface area contributed by atoms with E-state index in [1.807, 2.05) is 0 Å². The highest BCUT2D eigenvalue weighted by atomic mass is 19.4. The Morgan fingerprint density at radius 1 is 1.03 bits per heavy atom. The molecule has 0 spiro atoms. The number of carbonyl (C=O) groups is 1. The zero-order chi connectivity index (χ0) is 20.4. The second kappa shape index (κ2) is 8.52. The van der Waals surface area contributed by atoms with Gasteiger partial charge in [0, 0.05) is 32.2 Å². The van der Waals surface area contributed by atoms with Crippen LogP contribution in [0.1, 0.15) is 37.7 Å². The third kappa shape index (κ3) is 4.86. The van der Waals surface area contributed by atoms with Crippen molar-refractivity contribution in [2.24, 2.45) is 11.8 Å². The molecule has 5 nitrogen and oxygen atoms in total. The molecule has 1 aromatic carbocycles. The van der Waals surface area contributed by atoms with Crippen LogP contribution < -0.4 is 10.1 Å². The summed E-state index contributed by atoms with van der Waals surface area (Å²) in [4.78, 5) is 15.1. The summed E-state index contributed by atoms with van der Waals surface area (Å²) in [5.74, 6) is 0.614. The van der Waals surface area contributed by atoms with Crippen molar-refractivity contribution < 1.29 is 27.4 Å². The van der Waals surface area contributed by atoms with Gasteiger partial charge in [0.2, 0.25) is 5.91 Å². The molecule has 29 heavy (non-hydrogen) atoms. The number of likely N-dealkylation sites (tertiary alicyclic amines) is 1. The molecule has 1 aromatic rings. The maximum absolute atomic E-state index is 13.0. The maximum atomic E-state index is 13.0. The molecule has 3 aliphatic rings. The Balaban J connectivity index is 1.47. The molecule has 160 valence electrons. The SMILES string of the molecule is O=C1C[C@@H]2CCN(C3CCOCC3)C[C@@H]2CCOc2ccc(C(F)(F)F)cc2N1. The number of halogens is 3. The summed E-state index contributed by atoms with van der Waals surface area (Å²) in [5, 5.41) is 2.66. The molecule has 1 N–H and O–H groups in total. The van der Waals surface area contributed by atoms with Crippen molar-refractivity contribution in [3.05, 3.63) is 23.8 Å². The number of piperidine rings is 1. The van der Waals surface area contributed by atoms with Crippen molar-refractivity contribution in [2.45, 2.75) is 44.3 Å². The third-order valence-corrected chi connectivity index (χ3v) is 6.40. The standard InChI is InChI=1S/C21H27F3N2O3/c22-21(23,24)16-1-2-19-18(12-16)25-20(27)11-14-3-7-26(13-15(14)4-10-29-19)17-5-8-28-9-6-17/h1-2,12,14-15,17H,3-11,13H2,(H,25,27)/t14-,15-/m0/s1. The fourth-order valence-electron chi connectivity index (χ4n) is 4.78. The number of fused-ring (bicyclic) bond motifs is 2. The summed E-state index contributed by atoms with van der Waals surface area (Å²) < 4.78 is 50.3. The van der Waals surface area contributed by atoms with E-state index >= 15 is 0 Å². The number of nitrogens with one attached hydrogen (secondary N) is 1. The lowest BCUT2D eigenvalue weighted by molar-refractivity contribution is -0.137. The second-order valence-electron chi connectivity index (χ2n) is 8.25. The average molecular weight is 412 g/mol. The van der Waals surface area contributed by atoms with Gasteiger partial charge in [-0.3, -0.25) is 9.69 Å². The van der Waals surface area contributed by atoms with Gasteiger partial charge in [0.1, 0.15) is 5.75 Å². The first-order chi connectivity index (χ1) is 13.9. The predicted octanol–water partition coefficient (Wildman–Crippen LogP) is 3.93. The van der Waals surface area contributed by atoms with E-state index in [2.05, 4.69) is 10.2 Å². The van der Waals surface area contributed by atoms with Gasteiger partial charge in [-0.25, -0.2) is 0 Å². The fourth-order valence-corrected chi connectivity index (χ4v) is 4.78. The summed E-state index contributed by atoms with van der Waals surface area (Å²) in [6, 6.07) is 3.79. The van der Waals surface area contributed by atoms with Gasteiger partial charge in [0.05, 0.1) is 17.9 Å². The topological polar surface area (TPSA) is 50.8 Å². The van der Waals surface area contributed by atoms with Crippen LogP contribution in [0.4, 0.5) is 18.9 Å². The second-order valence-corrected chi connectivity index (χ2v) is 8.25. The van der Waals surface area contributed by atoms with Crippen molar-refractivity contribution in [1.82, 2.24) is 4.90 Å². The Morgan fingerprint density at radius 2 is 1.83 bits per heavy atom. The van der Waals surface area contributed by atoms with E-state index in [4.69, 9.17) is 9.47 Å². The van der Waals surface area contributed by atoms with E-state index < -0.39 is 11.7 Å². The molecule has 0 radical (unpaired) electrons. The molecule has 3 aliphatic heterocycles. The van der Waals surface area contributed by atoms with Crippen LogP contribution in [-0.4, -0.2) is 49.8 Å². The van der Waals surface area contributed by atoms with Crippen LogP contribution in [0.2, 0.25) is 0 Å². The Labute approximate surface area is 168 Å². The summed E-state index contributed by atoms with van der Waals surface area (Å²) in [6.07, 6.45) is -0.325. The highest BCUT2D eigenvalue weighted by molar-refractivity contribution is 5.92. The molecule has 3 heterocycles. The highest BCUT2D eigenvalue weighted by Gasteiger charge is 2.35. The smallest absolute Gasteiger partial charge is 0.416 e. The molecule has 4 rings (SSSR count). The first kappa shape index (κ1) is 20.5. The molecular formula is C21H27F3N2O3. The number of hydrogen-bond donors (Lipinski definition) is 1. The van der Waals surface area contributed by atoms with E-state index in [1.165, 1.54) is 6.07 Å². The van der Waals surface area contributed by atoms with Crippen LogP contribution in [0, 0.1) is 11.8 Å².